The fraction of sp³-hybridized carbons (Fsp3) is 0.600. The lowest BCUT2D eigenvalue weighted by Gasteiger charge is -2.24. The van der Waals surface area contributed by atoms with Crippen molar-refractivity contribution in [3.8, 4) is 0 Å². The van der Waals surface area contributed by atoms with E-state index in [9.17, 15) is 13.9 Å². The van der Waals surface area contributed by atoms with Crippen LogP contribution in [0, 0.1) is 17.6 Å². The van der Waals surface area contributed by atoms with Crippen LogP contribution in [0.25, 0.3) is 0 Å². The zero-order valence-corrected chi connectivity index (χ0v) is 12.2. The van der Waals surface area contributed by atoms with Crippen LogP contribution in [0.5, 0.6) is 0 Å². The van der Waals surface area contributed by atoms with E-state index >= 15 is 0 Å². The third-order valence-electron chi connectivity index (χ3n) is 3.20. The first-order valence-electron chi connectivity index (χ1n) is 6.89. The third kappa shape index (κ3) is 5.15. The number of hydrogen-bond donors (Lipinski definition) is 2. The molecule has 0 heterocycles. The molecule has 0 radical (unpaired) electrons. The summed E-state index contributed by atoms with van der Waals surface area (Å²) in [5.41, 5.74) is -0.0311. The van der Waals surface area contributed by atoms with Gasteiger partial charge in [-0.2, -0.15) is 0 Å². The quantitative estimate of drug-likeness (QED) is 0.772. The summed E-state index contributed by atoms with van der Waals surface area (Å²) >= 11 is 0. The lowest BCUT2D eigenvalue weighted by atomic mass is 10.0. The van der Waals surface area contributed by atoms with Gasteiger partial charge in [0.2, 0.25) is 0 Å². The maximum atomic E-state index is 13.5. The molecule has 2 unspecified atom stereocenters. The lowest BCUT2D eigenvalue weighted by Crippen LogP contribution is -2.40. The first kappa shape index (κ1) is 17.0. The molecule has 5 heteroatoms. The van der Waals surface area contributed by atoms with Gasteiger partial charge in [0.05, 0.1) is 12.7 Å². The van der Waals surface area contributed by atoms with E-state index in [4.69, 9.17) is 4.74 Å². The summed E-state index contributed by atoms with van der Waals surface area (Å²) in [5, 5.41) is 13.1. The van der Waals surface area contributed by atoms with Crippen molar-refractivity contribution < 1.29 is 18.6 Å². The number of rotatable bonds is 8. The van der Waals surface area contributed by atoms with Crippen LogP contribution in [0.15, 0.2) is 18.2 Å². The Balaban J connectivity index is 2.60. The highest BCUT2D eigenvalue weighted by molar-refractivity contribution is 5.21. The van der Waals surface area contributed by atoms with Crippen molar-refractivity contribution in [1.82, 2.24) is 5.32 Å². The Morgan fingerprint density at radius 2 is 2.00 bits per heavy atom. The molecule has 20 heavy (non-hydrogen) atoms. The molecule has 0 aliphatic carbocycles. The molecule has 0 bridgehead atoms. The average Bonchev–Trinajstić information content (AvgIpc) is 2.40. The van der Waals surface area contributed by atoms with Gasteiger partial charge < -0.3 is 15.2 Å². The van der Waals surface area contributed by atoms with Gasteiger partial charge in [-0.15, -0.1) is 0 Å². The molecule has 0 aliphatic heterocycles. The van der Waals surface area contributed by atoms with E-state index in [0.29, 0.717) is 19.1 Å². The van der Waals surface area contributed by atoms with Crippen molar-refractivity contribution >= 4 is 0 Å². The molecule has 1 aromatic carbocycles. The van der Waals surface area contributed by atoms with Crippen LogP contribution in [0.3, 0.4) is 0 Å². The van der Waals surface area contributed by atoms with E-state index in [1.54, 1.807) is 0 Å². The van der Waals surface area contributed by atoms with E-state index in [-0.39, 0.29) is 18.2 Å². The summed E-state index contributed by atoms with van der Waals surface area (Å²) < 4.78 is 32.0. The number of aliphatic hydroxyl groups is 1. The molecule has 0 saturated carbocycles. The van der Waals surface area contributed by atoms with Crippen molar-refractivity contribution in [1.29, 1.82) is 0 Å². The minimum atomic E-state index is -1.09. The second kappa shape index (κ2) is 8.29. The molecule has 0 spiro atoms. The standard InChI is InChI=1S/C15H23F2NO2/c1-4-20-9-14(10(2)3)18-8-15(19)12-7-11(16)5-6-13(12)17/h5-7,10,14-15,18-19H,4,8-9H2,1-3H3. The van der Waals surface area contributed by atoms with Crippen LogP contribution in [0.1, 0.15) is 32.4 Å². The highest BCUT2D eigenvalue weighted by Gasteiger charge is 2.18. The molecular weight excluding hydrogens is 264 g/mol. The molecule has 0 saturated heterocycles. The Morgan fingerprint density at radius 3 is 2.60 bits per heavy atom. The van der Waals surface area contributed by atoms with Crippen molar-refractivity contribution in [2.45, 2.75) is 32.9 Å². The fourth-order valence-corrected chi connectivity index (χ4v) is 1.87. The van der Waals surface area contributed by atoms with Crippen LogP contribution < -0.4 is 5.32 Å². The summed E-state index contributed by atoms with van der Waals surface area (Å²) in [6.45, 7) is 7.26. The maximum Gasteiger partial charge on any atom is 0.129 e. The van der Waals surface area contributed by atoms with Crippen LogP contribution in [-0.2, 0) is 4.74 Å². The number of nitrogens with one attached hydrogen (secondary N) is 1. The first-order chi connectivity index (χ1) is 9.45. The van der Waals surface area contributed by atoms with Crippen LogP contribution in [0.2, 0.25) is 0 Å². The zero-order valence-electron chi connectivity index (χ0n) is 12.2. The van der Waals surface area contributed by atoms with Crippen molar-refractivity contribution in [3.05, 3.63) is 35.4 Å². The molecule has 2 N–H and O–H groups in total. The second-order valence-corrected chi connectivity index (χ2v) is 5.10. The minimum absolute atomic E-state index is 0.0311. The largest absolute Gasteiger partial charge is 0.387 e. The number of aliphatic hydroxyl groups excluding tert-OH is 1. The highest BCUT2D eigenvalue weighted by atomic mass is 19.1. The van der Waals surface area contributed by atoms with Gasteiger partial charge in [0.1, 0.15) is 11.6 Å². The molecule has 114 valence electrons. The Bertz CT molecular complexity index is 413. The summed E-state index contributed by atoms with van der Waals surface area (Å²) in [5.74, 6) is -0.854. The van der Waals surface area contributed by atoms with E-state index < -0.39 is 17.7 Å². The predicted molar refractivity (Wildman–Crippen MR) is 74.4 cm³/mol. The maximum absolute atomic E-state index is 13.5. The number of halogens is 2. The lowest BCUT2D eigenvalue weighted by molar-refractivity contribution is 0.0963. The normalized spacial score (nSPS) is 14.6. The molecule has 1 aromatic rings. The summed E-state index contributed by atoms with van der Waals surface area (Å²) in [7, 11) is 0. The van der Waals surface area contributed by atoms with Gasteiger partial charge in [-0.25, -0.2) is 8.78 Å². The van der Waals surface area contributed by atoms with Gasteiger partial charge in [-0.05, 0) is 31.0 Å². The Kier molecular flexibility index (Phi) is 7.05. The Morgan fingerprint density at radius 1 is 1.30 bits per heavy atom. The van der Waals surface area contributed by atoms with Gasteiger partial charge in [0.15, 0.2) is 0 Å². The van der Waals surface area contributed by atoms with E-state index in [2.05, 4.69) is 5.32 Å². The fourth-order valence-electron chi connectivity index (χ4n) is 1.87. The van der Waals surface area contributed by atoms with E-state index in [0.717, 1.165) is 18.2 Å². The topological polar surface area (TPSA) is 41.5 Å². The smallest absolute Gasteiger partial charge is 0.129 e. The minimum Gasteiger partial charge on any atom is -0.387 e. The predicted octanol–water partition coefficient (Wildman–Crippen LogP) is 2.65. The van der Waals surface area contributed by atoms with E-state index in [1.165, 1.54) is 0 Å². The first-order valence-corrected chi connectivity index (χ1v) is 6.89. The SMILES string of the molecule is CCOCC(NCC(O)c1cc(F)ccc1F)C(C)C. The van der Waals surface area contributed by atoms with Gasteiger partial charge in [0.25, 0.3) is 0 Å². The van der Waals surface area contributed by atoms with Gasteiger partial charge >= 0.3 is 0 Å². The molecule has 0 aliphatic rings. The zero-order chi connectivity index (χ0) is 15.1. The summed E-state index contributed by atoms with van der Waals surface area (Å²) in [6.07, 6.45) is -1.09. The summed E-state index contributed by atoms with van der Waals surface area (Å²) in [6, 6.07) is 3.13. The number of hydrogen-bond acceptors (Lipinski definition) is 3. The Labute approximate surface area is 119 Å². The number of benzene rings is 1. The monoisotopic (exact) mass is 287 g/mol. The molecular formula is C15H23F2NO2. The summed E-state index contributed by atoms with van der Waals surface area (Å²) in [4.78, 5) is 0. The third-order valence-corrected chi connectivity index (χ3v) is 3.20. The van der Waals surface area contributed by atoms with Crippen molar-refractivity contribution in [2.75, 3.05) is 19.8 Å². The van der Waals surface area contributed by atoms with Crippen LogP contribution in [0.4, 0.5) is 8.78 Å². The molecule has 0 aromatic heterocycles. The molecule has 3 nitrogen and oxygen atoms in total. The highest BCUT2D eigenvalue weighted by Crippen LogP contribution is 2.18. The average molecular weight is 287 g/mol. The Hall–Kier alpha value is -1.04. The van der Waals surface area contributed by atoms with Crippen molar-refractivity contribution in [2.24, 2.45) is 5.92 Å². The van der Waals surface area contributed by atoms with E-state index in [1.807, 2.05) is 20.8 Å². The van der Waals surface area contributed by atoms with Crippen LogP contribution in [-0.4, -0.2) is 30.9 Å². The second-order valence-electron chi connectivity index (χ2n) is 5.10. The molecule has 0 fully saturated rings. The van der Waals surface area contributed by atoms with Crippen molar-refractivity contribution in [3.63, 3.8) is 0 Å². The number of ether oxygens (including phenoxy) is 1. The molecule has 1 rings (SSSR count). The van der Waals surface area contributed by atoms with Gasteiger partial charge in [-0.3, -0.25) is 0 Å². The van der Waals surface area contributed by atoms with Gasteiger partial charge in [-0.1, -0.05) is 13.8 Å². The van der Waals surface area contributed by atoms with Crippen LogP contribution >= 0.6 is 0 Å². The molecule has 2 atom stereocenters. The molecule has 0 amide bonds. The van der Waals surface area contributed by atoms with Gasteiger partial charge in [0, 0.05) is 24.8 Å².